The number of ether oxygens (including phenoxy) is 1. The molecule has 1 aromatic heterocycles. The van der Waals surface area contributed by atoms with Crippen LogP contribution < -0.4 is 4.72 Å². The van der Waals surface area contributed by atoms with Crippen LogP contribution in [0, 0.1) is 0 Å². The van der Waals surface area contributed by atoms with Crippen molar-refractivity contribution >= 4 is 26.0 Å². The number of nitrogens with one attached hydrogen (secondary N) is 1. The van der Waals surface area contributed by atoms with Crippen molar-refractivity contribution in [3.8, 4) is 0 Å². The normalized spacial score (nSPS) is 27.9. The highest BCUT2D eigenvalue weighted by Crippen LogP contribution is 2.31. The molecule has 1 saturated heterocycles. The minimum Gasteiger partial charge on any atom is -0.450 e. The number of aliphatic hydroxyl groups is 1. The number of hydrogen-bond donors (Lipinski definition) is 2. The summed E-state index contributed by atoms with van der Waals surface area (Å²) in [6.07, 6.45) is 0.403. The number of halogens is 1. The fourth-order valence-electron chi connectivity index (χ4n) is 1.99. The molecule has 0 radical (unpaired) electrons. The van der Waals surface area contributed by atoms with Crippen molar-refractivity contribution in [1.82, 2.24) is 4.72 Å². The van der Waals surface area contributed by atoms with E-state index in [2.05, 4.69) is 20.7 Å². The number of hydrogen-bond acceptors (Lipinski definition) is 5. The molecule has 0 spiro atoms. The van der Waals surface area contributed by atoms with E-state index in [1.807, 2.05) is 13.8 Å². The Bertz CT molecular complexity index is 570. The van der Waals surface area contributed by atoms with Gasteiger partial charge in [-0.2, -0.15) is 0 Å². The zero-order valence-electron chi connectivity index (χ0n) is 10.6. The zero-order chi connectivity index (χ0) is 14.3. The highest BCUT2D eigenvalue weighted by atomic mass is 79.9. The van der Waals surface area contributed by atoms with Crippen LogP contribution in [0.3, 0.4) is 0 Å². The fraction of sp³-hybridized carbons (Fsp3) is 0.636. The first-order chi connectivity index (χ1) is 8.78. The molecule has 0 bridgehead atoms. The number of furan rings is 1. The van der Waals surface area contributed by atoms with Crippen molar-refractivity contribution in [2.24, 2.45) is 0 Å². The number of aliphatic hydroxyl groups excluding tert-OH is 1. The van der Waals surface area contributed by atoms with Gasteiger partial charge in [0.25, 0.3) is 0 Å². The van der Waals surface area contributed by atoms with Gasteiger partial charge in [0, 0.05) is 12.7 Å². The van der Waals surface area contributed by atoms with Gasteiger partial charge in [-0.25, -0.2) is 13.1 Å². The van der Waals surface area contributed by atoms with E-state index in [4.69, 9.17) is 14.3 Å². The summed E-state index contributed by atoms with van der Waals surface area (Å²) in [5.74, 6) is 0.188. The lowest BCUT2D eigenvalue weighted by molar-refractivity contribution is 0.0957. The summed E-state index contributed by atoms with van der Waals surface area (Å²) >= 11 is 3.05. The maximum absolute atomic E-state index is 12.4. The van der Waals surface area contributed by atoms with Crippen LogP contribution in [0.4, 0.5) is 0 Å². The molecule has 2 rings (SSSR count). The molecule has 1 fully saturated rings. The van der Waals surface area contributed by atoms with E-state index in [1.54, 1.807) is 0 Å². The zero-order valence-corrected chi connectivity index (χ0v) is 13.0. The number of rotatable bonds is 4. The summed E-state index contributed by atoms with van der Waals surface area (Å²) in [6, 6.07) is 1.30. The molecule has 0 saturated carbocycles. The molecule has 2 N–H and O–H groups in total. The van der Waals surface area contributed by atoms with Crippen LogP contribution >= 0.6 is 15.9 Å². The molecule has 2 atom stereocenters. The summed E-state index contributed by atoms with van der Waals surface area (Å²) < 4.78 is 37.9. The standard InChI is InChI=1S/C11H16BrNO5S/c1-7-11(2,3-4-17-7)13-19(15,16)9-5-8(6-14)18-10(9)12/h5,7,13-14H,3-4,6H2,1-2H3. The average molecular weight is 354 g/mol. The van der Waals surface area contributed by atoms with Crippen molar-refractivity contribution in [2.75, 3.05) is 6.61 Å². The lowest BCUT2D eigenvalue weighted by Crippen LogP contribution is -2.50. The Morgan fingerprint density at radius 2 is 2.32 bits per heavy atom. The van der Waals surface area contributed by atoms with E-state index in [9.17, 15) is 8.42 Å². The van der Waals surface area contributed by atoms with Crippen LogP contribution in [0.5, 0.6) is 0 Å². The van der Waals surface area contributed by atoms with Crippen molar-refractivity contribution in [3.63, 3.8) is 0 Å². The molecule has 6 nitrogen and oxygen atoms in total. The van der Waals surface area contributed by atoms with Gasteiger partial charge in [-0.15, -0.1) is 0 Å². The van der Waals surface area contributed by atoms with Gasteiger partial charge in [0.2, 0.25) is 10.0 Å². The fourth-order valence-corrected chi connectivity index (χ4v) is 4.48. The molecule has 8 heteroatoms. The second kappa shape index (κ2) is 5.17. The van der Waals surface area contributed by atoms with Crippen LogP contribution in [0.25, 0.3) is 0 Å². The molecule has 2 unspecified atom stereocenters. The van der Waals surface area contributed by atoms with E-state index >= 15 is 0 Å². The van der Waals surface area contributed by atoms with Gasteiger partial charge in [-0.3, -0.25) is 0 Å². The summed E-state index contributed by atoms with van der Waals surface area (Å²) in [4.78, 5) is -0.0168. The lowest BCUT2D eigenvalue weighted by Gasteiger charge is -2.28. The maximum Gasteiger partial charge on any atom is 0.245 e. The minimum atomic E-state index is -3.74. The summed E-state index contributed by atoms with van der Waals surface area (Å²) in [6.45, 7) is 3.81. The van der Waals surface area contributed by atoms with E-state index in [0.29, 0.717) is 13.0 Å². The van der Waals surface area contributed by atoms with Gasteiger partial charge in [0.05, 0.1) is 11.6 Å². The Balaban J connectivity index is 2.30. The van der Waals surface area contributed by atoms with Gasteiger partial charge >= 0.3 is 0 Å². The third kappa shape index (κ3) is 2.87. The SMILES string of the molecule is CC1OCCC1(C)NS(=O)(=O)c1cc(CO)oc1Br. The van der Waals surface area contributed by atoms with Crippen LogP contribution in [0.1, 0.15) is 26.0 Å². The average Bonchev–Trinajstić information content (AvgIpc) is 2.83. The molecule has 1 aliphatic rings. The van der Waals surface area contributed by atoms with Crippen molar-refractivity contribution in [2.45, 2.75) is 43.4 Å². The summed E-state index contributed by atoms with van der Waals surface area (Å²) in [5, 5.41) is 8.97. The third-order valence-electron chi connectivity index (χ3n) is 3.41. The quantitative estimate of drug-likeness (QED) is 0.853. The molecular weight excluding hydrogens is 338 g/mol. The second-order valence-electron chi connectivity index (χ2n) is 4.79. The van der Waals surface area contributed by atoms with Crippen LogP contribution in [0.15, 0.2) is 20.0 Å². The Morgan fingerprint density at radius 1 is 1.63 bits per heavy atom. The van der Waals surface area contributed by atoms with Gasteiger partial charge < -0.3 is 14.3 Å². The van der Waals surface area contributed by atoms with Crippen molar-refractivity contribution in [3.05, 3.63) is 16.5 Å². The first kappa shape index (κ1) is 15.0. The maximum atomic E-state index is 12.4. The molecule has 1 aliphatic heterocycles. The lowest BCUT2D eigenvalue weighted by atomic mass is 9.97. The molecule has 2 heterocycles. The van der Waals surface area contributed by atoms with Crippen molar-refractivity contribution in [1.29, 1.82) is 0 Å². The highest BCUT2D eigenvalue weighted by Gasteiger charge is 2.41. The molecule has 0 amide bonds. The topological polar surface area (TPSA) is 88.8 Å². The molecular formula is C11H16BrNO5S. The Kier molecular flexibility index (Phi) is 4.08. The van der Waals surface area contributed by atoms with Crippen LogP contribution in [-0.2, 0) is 21.4 Å². The van der Waals surface area contributed by atoms with E-state index in [0.717, 1.165) is 0 Å². The van der Waals surface area contributed by atoms with Crippen LogP contribution in [0.2, 0.25) is 0 Å². The highest BCUT2D eigenvalue weighted by molar-refractivity contribution is 9.10. The molecule has 1 aromatic rings. The van der Waals surface area contributed by atoms with E-state index in [1.165, 1.54) is 6.07 Å². The Morgan fingerprint density at radius 3 is 2.79 bits per heavy atom. The third-order valence-corrected chi connectivity index (χ3v) is 5.87. The predicted molar refractivity (Wildman–Crippen MR) is 71.1 cm³/mol. The molecule has 0 aliphatic carbocycles. The second-order valence-corrected chi connectivity index (χ2v) is 7.17. The van der Waals surface area contributed by atoms with Crippen molar-refractivity contribution < 1.29 is 22.7 Å². The summed E-state index contributed by atoms with van der Waals surface area (Å²) in [5.41, 5.74) is -0.644. The molecule has 19 heavy (non-hydrogen) atoms. The summed E-state index contributed by atoms with van der Waals surface area (Å²) in [7, 11) is -3.74. The predicted octanol–water partition coefficient (Wildman–Crippen LogP) is 1.38. The van der Waals surface area contributed by atoms with E-state index < -0.39 is 15.6 Å². The van der Waals surface area contributed by atoms with Gasteiger partial charge in [-0.1, -0.05) is 0 Å². The van der Waals surface area contributed by atoms with E-state index in [-0.39, 0.29) is 28.0 Å². The Labute approximate surface area is 120 Å². The number of sulfonamides is 1. The monoisotopic (exact) mass is 353 g/mol. The van der Waals surface area contributed by atoms with Gasteiger partial charge in [0.1, 0.15) is 17.3 Å². The minimum absolute atomic E-state index is 0.0168. The molecule has 108 valence electrons. The van der Waals surface area contributed by atoms with Crippen LogP contribution in [-0.4, -0.2) is 31.8 Å². The first-order valence-electron chi connectivity index (χ1n) is 5.83. The first-order valence-corrected chi connectivity index (χ1v) is 8.11. The van der Waals surface area contributed by atoms with Gasteiger partial charge in [-0.05, 0) is 36.2 Å². The van der Waals surface area contributed by atoms with Gasteiger partial charge in [0.15, 0.2) is 4.67 Å². The smallest absolute Gasteiger partial charge is 0.245 e. The Hall–Kier alpha value is -0.410. The largest absolute Gasteiger partial charge is 0.450 e. The molecule has 0 aromatic carbocycles.